The molecule has 0 spiro atoms. The zero-order valence-corrected chi connectivity index (χ0v) is 11.8. The van der Waals surface area contributed by atoms with Crippen LogP contribution < -0.4 is 0 Å². The number of carbonyl (C=O) groups excluding carboxylic acids is 1. The third-order valence-electron chi connectivity index (χ3n) is 3.24. The Balaban J connectivity index is 3.59. The highest BCUT2D eigenvalue weighted by molar-refractivity contribution is 5.37. The lowest BCUT2D eigenvalue weighted by Gasteiger charge is -2.18. The van der Waals surface area contributed by atoms with Gasteiger partial charge in [0, 0.05) is 0 Å². The zero-order valence-electron chi connectivity index (χ0n) is 11.8. The van der Waals surface area contributed by atoms with Crippen molar-refractivity contribution in [3.63, 3.8) is 0 Å². The van der Waals surface area contributed by atoms with E-state index in [4.69, 9.17) is 0 Å². The summed E-state index contributed by atoms with van der Waals surface area (Å²) in [6.45, 7) is 7.40. The molecule has 2 nitrogen and oxygen atoms in total. The number of ether oxygens (including phenoxy) is 1. The van der Waals surface area contributed by atoms with E-state index < -0.39 is 12.1 Å². The van der Waals surface area contributed by atoms with E-state index in [2.05, 4.69) is 18.2 Å². The molecule has 1 unspecified atom stereocenters. The molecule has 0 N–H and O–H groups in total. The van der Waals surface area contributed by atoms with Gasteiger partial charge < -0.3 is 4.74 Å². The maximum absolute atomic E-state index is 12.6. The number of halogens is 3. The van der Waals surface area contributed by atoms with Crippen LogP contribution in [0.25, 0.3) is 0 Å². The van der Waals surface area contributed by atoms with Crippen LogP contribution in [0.4, 0.5) is 13.2 Å². The third-order valence-corrected chi connectivity index (χ3v) is 3.24. The van der Waals surface area contributed by atoms with E-state index in [1.807, 2.05) is 0 Å². The fourth-order valence-electron chi connectivity index (χ4n) is 2.06. The quantitative estimate of drug-likeness (QED) is 0.292. The van der Waals surface area contributed by atoms with Gasteiger partial charge in [0.15, 0.2) is 0 Å². The van der Waals surface area contributed by atoms with Gasteiger partial charge in [-0.1, -0.05) is 31.8 Å². The van der Waals surface area contributed by atoms with Crippen molar-refractivity contribution in [2.45, 2.75) is 63.6 Å². The Kier molecular flexibility index (Phi) is 10.2. The van der Waals surface area contributed by atoms with Gasteiger partial charge >= 0.3 is 6.18 Å². The molecular formula is C15H24F3O2. The van der Waals surface area contributed by atoms with Crippen LogP contribution >= 0.6 is 0 Å². The van der Waals surface area contributed by atoms with Crippen LogP contribution in [0.2, 0.25) is 0 Å². The van der Waals surface area contributed by atoms with Gasteiger partial charge in [-0.05, 0) is 32.6 Å². The average molecular weight is 293 g/mol. The molecule has 117 valence electrons. The second-order valence-corrected chi connectivity index (χ2v) is 4.96. The molecule has 0 aromatic rings. The van der Waals surface area contributed by atoms with E-state index in [0.29, 0.717) is 19.3 Å². The van der Waals surface area contributed by atoms with Crippen LogP contribution in [-0.2, 0) is 9.53 Å². The first-order chi connectivity index (χ1) is 9.41. The number of allylic oxidation sites excluding steroid dienone is 1. The van der Waals surface area contributed by atoms with E-state index in [-0.39, 0.29) is 18.9 Å². The highest BCUT2D eigenvalue weighted by Gasteiger charge is 2.37. The van der Waals surface area contributed by atoms with Crippen LogP contribution in [0.3, 0.4) is 0 Å². The molecule has 0 bridgehead atoms. The van der Waals surface area contributed by atoms with Crippen LogP contribution in [0, 0.1) is 12.8 Å². The number of unbranched alkanes of at least 4 members (excludes halogenated alkanes) is 4. The van der Waals surface area contributed by atoms with E-state index in [1.165, 1.54) is 6.08 Å². The Bertz CT molecular complexity index is 264. The predicted molar refractivity (Wildman–Crippen MR) is 73.0 cm³/mol. The van der Waals surface area contributed by atoms with Crippen molar-refractivity contribution < 1.29 is 22.7 Å². The van der Waals surface area contributed by atoms with Crippen molar-refractivity contribution in [2.24, 2.45) is 5.92 Å². The third kappa shape index (κ3) is 9.87. The number of hydrogen-bond acceptors (Lipinski definition) is 2. The Morgan fingerprint density at radius 3 is 2.10 bits per heavy atom. The molecule has 0 saturated carbocycles. The molecule has 0 aliphatic rings. The lowest BCUT2D eigenvalue weighted by atomic mass is 9.96. The largest absolute Gasteiger partial charge is 0.465 e. The van der Waals surface area contributed by atoms with Crippen LogP contribution in [0.1, 0.15) is 51.4 Å². The maximum atomic E-state index is 12.6. The fraction of sp³-hybridized carbons (Fsp3) is 0.733. The summed E-state index contributed by atoms with van der Waals surface area (Å²) < 4.78 is 42.4. The van der Waals surface area contributed by atoms with Crippen LogP contribution in [-0.4, -0.2) is 18.8 Å². The molecule has 0 amide bonds. The second-order valence-electron chi connectivity index (χ2n) is 4.96. The van der Waals surface area contributed by atoms with Gasteiger partial charge in [0.1, 0.15) is 6.10 Å². The molecule has 0 aliphatic carbocycles. The summed E-state index contributed by atoms with van der Waals surface area (Å²) in [5, 5.41) is 0. The Morgan fingerprint density at radius 1 is 1.05 bits per heavy atom. The van der Waals surface area contributed by atoms with Crippen molar-refractivity contribution in [1.29, 1.82) is 0 Å². The van der Waals surface area contributed by atoms with E-state index >= 15 is 0 Å². The molecule has 0 aromatic heterocycles. The average Bonchev–Trinajstić information content (AvgIpc) is 2.35. The lowest BCUT2D eigenvalue weighted by molar-refractivity contribution is -0.175. The van der Waals surface area contributed by atoms with Crippen LogP contribution in [0.15, 0.2) is 12.7 Å². The van der Waals surface area contributed by atoms with Gasteiger partial charge in [0.2, 0.25) is 0 Å². The molecule has 0 rings (SSSR count). The summed E-state index contributed by atoms with van der Waals surface area (Å²) in [6, 6.07) is 0. The van der Waals surface area contributed by atoms with Crippen LogP contribution in [0.5, 0.6) is 0 Å². The number of hydrogen-bond donors (Lipinski definition) is 0. The molecule has 0 saturated heterocycles. The topological polar surface area (TPSA) is 26.3 Å². The molecule has 5 heteroatoms. The standard InChI is InChI=1S/C15H24F3O2/c1-3-9-14(15(16,17)18)11-8-6-4-5-7-10-13(2)20-12-19/h3,12-14H,1-2,4-11H2/t13-,14?/m1/s1. The number of rotatable bonds is 12. The SMILES string of the molecule is [CH2][C@H](CCCCCCCC(CC=C)C(F)(F)F)OC=O. The molecular weight excluding hydrogens is 269 g/mol. The summed E-state index contributed by atoms with van der Waals surface area (Å²) in [6.07, 6.45) is 1.81. The number of alkyl halides is 3. The number of carbonyl (C=O) groups is 1. The van der Waals surface area contributed by atoms with E-state index in [9.17, 15) is 18.0 Å². The van der Waals surface area contributed by atoms with Gasteiger partial charge in [0.25, 0.3) is 6.47 Å². The normalized spacial score (nSPS) is 14.6. The first-order valence-electron chi connectivity index (χ1n) is 7.01. The minimum atomic E-state index is -4.12. The minimum Gasteiger partial charge on any atom is -0.465 e. The Hall–Kier alpha value is -1.00. The second kappa shape index (κ2) is 10.7. The molecule has 0 aliphatic heterocycles. The van der Waals surface area contributed by atoms with Crippen molar-refractivity contribution in [3.05, 3.63) is 19.6 Å². The molecule has 0 heterocycles. The first-order valence-corrected chi connectivity index (χ1v) is 7.01. The molecule has 0 fully saturated rings. The summed E-state index contributed by atoms with van der Waals surface area (Å²) in [5.41, 5.74) is 0. The van der Waals surface area contributed by atoms with Gasteiger partial charge in [0.05, 0.1) is 5.92 Å². The monoisotopic (exact) mass is 293 g/mol. The molecule has 2 atom stereocenters. The zero-order chi connectivity index (χ0) is 15.4. The summed E-state index contributed by atoms with van der Waals surface area (Å²) >= 11 is 0. The highest BCUT2D eigenvalue weighted by atomic mass is 19.4. The summed E-state index contributed by atoms with van der Waals surface area (Å²) in [7, 11) is 0. The first kappa shape index (κ1) is 19.0. The fourth-order valence-corrected chi connectivity index (χ4v) is 2.06. The van der Waals surface area contributed by atoms with Gasteiger partial charge in [-0.3, -0.25) is 4.79 Å². The van der Waals surface area contributed by atoms with Crippen molar-refractivity contribution in [1.82, 2.24) is 0 Å². The molecule has 0 aromatic carbocycles. The predicted octanol–water partition coefficient (Wildman–Crippen LogP) is 4.85. The van der Waals surface area contributed by atoms with E-state index in [1.54, 1.807) is 0 Å². The van der Waals surface area contributed by atoms with Gasteiger partial charge in [-0.15, -0.1) is 6.58 Å². The summed E-state index contributed by atoms with van der Waals surface area (Å²) in [4.78, 5) is 10.0. The van der Waals surface area contributed by atoms with E-state index in [0.717, 1.165) is 25.7 Å². The Labute approximate surface area is 119 Å². The minimum absolute atomic E-state index is 0.00425. The lowest BCUT2D eigenvalue weighted by Crippen LogP contribution is -2.22. The van der Waals surface area contributed by atoms with Gasteiger partial charge in [-0.2, -0.15) is 13.2 Å². The smallest absolute Gasteiger partial charge is 0.392 e. The molecule has 1 radical (unpaired) electrons. The summed E-state index contributed by atoms with van der Waals surface area (Å²) in [5.74, 6) is -1.26. The Morgan fingerprint density at radius 2 is 1.60 bits per heavy atom. The molecule has 20 heavy (non-hydrogen) atoms. The highest BCUT2D eigenvalue weighted by Crippen LogP contribution is 2.33. The van der Waals surface area contributed by atoms with Crippen molar-refractivity contribution >= 4 is 6.47 Å². The van der Waals surface area contributed by atoms with Crippen molar-refractivity contribution in [2.75, 3.05) is 0 Å². The van der Waals surface area contributed by atoms with Crippen molar-refractivity contribution in [3.8, 4) is 0 Å². The maximum Gasteiger partial charge on any atom is 0.392 e. The van der Waals surface area contributed by atoms with Gasteiger partial charge in [-0.25, -0.2) is 0 Å².